The van der Waals surface area contributed by atoms with Crippen molar-refractivity contribution in [3.8, 4) is 0 Å². The van der Waals surface area contributed by atoms with E-state index in [2.05, 4.69) is 10.6 Å². The Morgan fingerprint density at radius 3 is 2.29 bits per heavy atom. The Balaban J connectivity index is 2.57. The third-order valence-corrected chi connectivity index (χ3v) is 3.99. The number of piperazine rings is 1. The fourth-order valence-electron chi connectivity index (χ4n) is 1.41. The van der Waals surface area contributed by atoms with Crippen LogP contribution in [0, 0.1) is 0 Å². The zero-order valence-electron chi connectivity index (χ0n) is 9.89. The molecule has 1 saturated heterocycles. The van der Waals surface area contributed by atoms with E-state index >= 15 is 0 Å². The number of imide groups is 1. The van der Waals surface area contributed by atoms with Crippen LogP contribution in [0.1, 0.15) is 13.8 Å². The van der Waals surface area contributed by atoms with E-state index in [1.165, 1.54) is 0 Å². The van der Waals surface area contributed by atoms with E-state index in [9.17, 15) is 18.0 Å². The van der Waals surface area contributed by atoms with Gasteiger partial charge in [-0.2, -0.15) is 4.31 Å². The van der Waals surface area contributed by atoms with Gasteiger partial charge in [0, 0.05) is 12.6 Å². The summed E-state index contributed by atoms with van der Waals surface area (Å²) in [6.45, 7) is 3.55. The second-order valence-corrected chi connectivity index (χ2v) is 6.25. The van der Waals surface area contributed by atoms with E-state index in [0.29, 0.717) is 6.54 Å². The highest BCUT2D eigenvalue weighted by Crippen LogP contribution is 2.04. The van der Waals surface area contributed by atoms with Crippen LogP contribution in [-0.4, -0.2) is 56.0 Å². The topological polar surface area (TPSA) is 95.6 Å². The Hall–Kier alpha value is -0.990. The van der Waals surface area contributed by atoms with Gasteiger partial charge in [-0.1, -0.05) is 13.8 Å². The molecule has 17 heavy (non-hydrogen) atoms. The van der Waals surface area contributed by atoms with Gasteiger partial charge in [-0.3, -0.25) is 14.9 Å². The van der Waals surface area contributed by atoms with Crippen LogP contribution < -0.4 is 10.6 Å². The first-order valence-electron chi connectivity index (χ1n) is 5.35. The van der Waals surface area contributed by atoms with Gasteiger partial charge in [-0.15, -0.1) is 0 Å². The molecule has 0 aromatic heterocycles. The molecule has 1 aliphatic heterocycles. The number of rotatable bonds is 5. The minimum atomic E-state index is -3.56. The van der Waals surface area contributed by atoms with Crippen molar-refractivity contribution < 1.29 is 18.0 Å². The molecule has 2 amide bonds. The molecular weight excluding hydrogens is 246 g/mol. The molecule has 0 saturated carbocycles. The number of hydrogen-bond donors (Lipinski definition) is 2. The van der Waals surface area contributed by atoms with Crippen LogP contribution in [-0.2, 0) is 19.6 Å². The minimum absolute atomic E-state index is 0.119. The zero-order valence-corrected chi connectivity index (χ0v) is 10.7. The summed E-state index contributed by atoms with van der Waals surface area (Å²) in [4.78, 5) is 22.1. The first-order valence-corrected chi connectivity index (χ1v) is 6.96. The third kappa shape index (κ3) is 4.41. The van der Waals surface area contributed by atoms with Gasteiger partial charge in [-0.05, 0) is 0 Å². The summed E-state index contributed by atoms with van der Waals surface area (Å²) in [7, 11) is -3.56. The summed E-state index contributed by atoms with van der Waals surface area (Å²) in [6.07, 6.45) is 0. The van der Waals surface area contributed by atoms with Gasteiger partial charge >= 0.3 is 0 Å². The molecule has 1 fully saturated rings. The van der Waals surface area contributed by atoms with Gasteiger partial charge in [0.15, 0.2) is 0 Å². The molecule has 0 unspecified atom stereocenters. The Morgan fingerprint density at radius 2 is 1.82 bits per heavy atom. The van der Waals surface area contributed by atoms with Crippen LogP contribution in [0.4, 0.5) is 0 Å². The Labute approximate surface area is 101 Å². The summed E-state index contributed by atoms with van der Waals surface area (Å²) in [6, 6.07) is 0.191. The molecule has 0 radical (unpaired) electrons. The molecule has 1 aliphatic rings. The number of nitrogens with zero attached hydrogens (tertiary/aromatic N) is 1. The second-order valence-electron chi connectivity index (χ2n) is 4.16. The molecule has 98 valence electrons. The van der Waals surface area contributed by atoms with Crippen molar-refractivity contribution in [3.05, 3.63) is 0 Å². The van der Waals surface area contributed by atoms with Gasteiger partial charge in [-0.25, -0.2) is 8.42 Å². The molecule has 8 heteroatoms. The van der Waals surface area contributed by atoms with Crippen molar-refractivity contribution in [1.82, 2.24) is 14.9 Å². The van der Waals surface area contributed by atoms with Crippen LogP contribution in [0.2, 0.25) is 0 Å². The zero-order chi connectivity index (χ0) is 13.1. The largest absolute Gasteiger partial charge is 0.313 e. The van der Waals surface area contributed by atoms with E-state index < -0.39 is 21.8 Å². The second kappa shape index (κ2) is 5.56. The lowest BCUT2D eigenvalue weighted by atomic mass is 10.4. The van der Waals surface area contributed by atoms with Gasteiger partial charge in [0.1, 0.15) is 0 Å². The highest BCUT2D eigenvalue weighted by atomic mass is 32.2. The van der Waals surface area contributed by atoms with Crippen molar-refractivity contribution in [2.45, 2.75) is 19.9 Å². The monoisotopic (exact) mass is 263 g/mol. The highest BCUT2D eigenvalue weighted by molar-refractivity contribution is 7.89. The first-order chi connectivity index (χ1) is 7.81. The molecule has 7 nitrogen and oxygen atoms in total. The Bertz CT molecular complexity index is 388. The summed E-state index contributed by atoms with van der Waals surface area (Å²) in [5.74, 6) is -1.28. The van der Waals surface area contributed by atoms with Gasteiger partial charge in [0.25, 0.3) is 0 Å². The summed E-state index contributed by atoms with van der Waals surface area (Å²) < 4.78 is 24.5. The average molecular weight is 263 g/mol. The van der Waals surface area contributed by atoms with Gasteiger partial charge < -0.3 is 5.32 Å². The lowest BCUT2D eigenvalue weighted by Crippen LogP contribution is -2.54. The average Bonchev–Trinajstić information content (AvgIpc) is 2.14. The van der Waals surface area contributed by atoms with Crippen LogP contribution >= 0.6 is 0 Å². The molecular formula is C9H17N3O4S. The molecule has 0 aliphatic carbocycles. The fourth-order valence-corrected chi connectivity index (χ4v) is 2.68. The van der Waals surface area contributed by atoms with Crippen LogP contribution in [0.5, 0.6) is 0 Å². The summed E-state index contributed by atoms with van der Waals surface area (Å²) in [5.41, 5.74) is 0. The normalized spacial score (nSPS) is 18.5. The number of amides is 2. The number of hydrogen-bond acceptors (Lipinski definition) is 5. The van der Waals surface area contributed by atoms with Crippen LogP contribution in [0.3, 0.4) is 0 Å². The molecule has 0 bridgehead atoms. The van der Waals surface area contributed by atoms with Crippen molar-refractivity contribution in [1.29, 1.82) is 0 Å². The van der Waals surface area contributed by atoms with E-state index in [-0.39, 0.29) is 24.9 Å². The fraction of sp³-hybridized carbons (Fsp3) is 0.778. The Kier molecular flexibility index (Phi) is 4.61. The standard InChI is InChI=1S/C9H17N3O4S/c1-7(2)10-3-4-17(15,16)12-5-8(13)11-9(14)6-12/h7,10H,3-6H2,1-2H3,(H,11,13,14). The maximum Gasteiger partial charge on any atom is 0.241 e. The van der Waals surface area contributed by atoms with E-state index in [0.717, 1.165) is 4.31 Å². The molecule has 2 N–H and O–H groups in total. The molecule has 0 aromatic carbocycles. The summed E-state index contributed by atoms with van der Waals surface area (Å²) >= 11 is 0. The predicted octanol–water partition coefficient (Wildman–Crippen LogP) is -1.73. The SMILES string of the molecule is CC(C)NCCS(=O)(=O)N1CC(=O)NC(=O)C1. The molecule has 0 atom stereocenters. The molecule has 1 rings (SSSR count). The first kappa shape index (κ1) is 14.1. The van der Waals surface area contributed by atoms with Crippen molar-refractivity contribution in [2.75, 3.05) is 25.4 Å². The van der Waals surface area contributed by atoms with Gasteiger partial charge in [0.2, 0.25) is 21.8 Å². The lowest BCUT2D eigenvalue weighted by Gasteiger charge is -2.24. The quantitative estimate of drug-likeness (QED) is 0.575. The predicted molar refractivity (Wildman–Crippen MR) is 61.6 cm³/mol. The number of carbonyl (C=O) groups is 2. The summed E-state index contributed by atoms with van der Waals surface area (Å²) in [5, 5.41) is 5.03. The van der Waals surface area contributed by atoms with Crippen molar-refractivity contribution in [3.63, 3.8) is 0 Å². The Morgan fingerprint density at radius 1 is 1.29 bits per heavy atom. The van der Waals surface area contributed by atoms with E-state index in [1.54, 1.807) is 0 Å². The highest BCUT2D eigenvalue weighted by Gasteiger charge is 2.31. The lowest BCUT2D eigenvalue weighted by molar-refractivity contribution is -0.134. The van der Waals surface area contributed by atoms with Crippen LogP contribution in [0.25, 0.3) is 0 Å². The molecule has 1 heterocycles. The van der Waals surface area contributed by atoms with Crippen molar-refractivity contribution >= 4 is 21.8 Å². The van der Waals surface area contributed by atoms with Crippen LogP contribution in [0.15, 0.2) is 0 Å². The molecule has 0 aromatic rings. The van der Waals surface area contributed by atoms with Crippen molar-refractivity contribution in [2.24, 2.45) is 0 Å². The van der Waals surface area contributed by atoms with E-state index in [1.807, 2.05) is 13.8 Å². The third-order valence-electron chi connectivity index (χ3n) is 2.22. The van der Waals surface area contributed by atoms with E-state index in [4.69, 9.17) is 0 Å². The number of sulfonamides is 1. The maximum atomic E-state index is 11.8. The smallest absolute Gasteiger partial charge is 0.241 e. The minimum Gasteiger partial charge on any atom is -0.313 e. The molecule has 0 spiro atoms. The van der Waals surface area contributed by atoms with Gasteiger partial charge in [0.05, 0.1) is 18.8 Å². The number of carbonyl (C=O) groups excluding carboxylic acids is 2. The number of nitrogens with one attached hydrogen (secondary N) is 2. The maximum absolute atomic E-state index is 11.8.